The van der Waals surface area contributed by atoms with Crippen LogP contribution in [0, 0.1) is 0 Å². The summed E-state index contributed by atoms with van der Waals surface area (Å²) < 4.78 is 5.77. The molecule has 0 amide bonds. The number of rotatable bonds is 7. The van der Waals surface area contributed by atoms with Crippen molar-refractivity contribution >= 4 is 18.7 Å². The first-order valence-corrected chi connectivity index (χ1v) is 7.54. The van der Waals surface area contributed by atoms with E-state index in [4.69, 9.17) is 4.74 Å². The maximum absolute atomic E-state index is 9.40. The molecule has 0 unspecified atom stereocenters. The van der Waals surface area contributed by atoms with Crippen molar-refractivity contribution in [3.05, 3.63) is 65.7 Å². The molecule has 22 heavy (non-hydrogen) atoms. The summed E-state index contributed by atoms with van der Waals surface area (Å²) in [7, 11) is -1.48. The summed E-state index contributed by atoms with van der Waals surface area (Å²) >= 11 is 0. The second-order valence-corrected chi connectivity index (χ2v) is 5.06. The highest BCUT2D eigenvalue weighted by atomic mass is 16.5. The van der Waals surface area contributed by atoms with E-state index in [-0.39, 0.29) is 0 Å². The van der Waals surface area contributed by atoms with Gasteiger partial charge in [0.15, 0.2) is 0 Å². The third kappa shape index (κ3) is 4.76. The van der Waals surface area contributed by atoms with Crippen molar-refractivity contribution in [2.45, 2.75) is 19.8 Å². The summed E-state index contributed by atoms with van der Waals surface area (Å²) in [4.78, 5) is 0. The van der Waals surface area contributed by atoms with E-state index in [0.717, 1.165) is 24.2 Å². The summed E-state index contributed by atoms with van der Waals surface area (Å²) in [6.07, 6.45) is 5.60. The fraction of sp³-hybridized carbons (Fsp3) is 0.222. The first-order chi connectivity index (χ1) is 10.7. The molecule has 3 nitrogen and oxygen atoms in total. The van der Waals surface area contributed by atoms with E-state index >= 15 is 0 Å². The van der Waals surface area contributed by atoms with E-state index in [1.807, 2.05) is 43.3 Å². The van der Waals surface area contributed by atoms with Gasteiger partial charge in [0, 0.05) is 6.42 Å². The van der Waals surface area contributed by atoms with Crippen LogP contribution in [0.4, 0.5) is 0 Å². The highest BCUT2D eigenvalue weighted by molar-refractivity contribution is 6.59. The Hall–Kier alpha value is -2.04. The molecular formula is C18H21BO3. The van der Waals surface area contributed by atoms with E-state index in [1.54, 1.807) is 12.1 Å². The van der Waals surface area contributed by atoms with Crippen LogP contribution in [0.15, 0.2) is 54.6 Å². The molecule has 4 heteroatoms. The normalized spacial score (nSPS) is 10.9. The number of allylic oxidation sites excluding steroid dienone is 1. The zero-order chi connectivity index (χ0) is 15.8. The molecule has 114 valence electrons. The van der Waals surface area contributed by atoms with Gasteiger partial charge in [-0.05, 0) is 35.1 Å². The monoisotopic (exact) mass is 296 g/mol. The van der Waals surface area contributed by atoms with Crippen molar-refractivity contribution in [1.82, 2.24) is 0 Å². The third-order valence-corrected chi connectivity index (χ3v) is 3.37. The first-order valence-electron chi connectivity index (χ1n) is 7.54. The van der Waals surface area contributed by atoms with Crippen molar-refractivity contribution in [3.8, 4) is 5.75 Å². The predicted octanol–water partition coefficient (Wildman–Crippen LogP) is 2.41. The van der Waals surface area contributed by atoms with Crippen LogP contribution >= 0.6 is 0 Å². The molecule has 0 aliphatic rings. The zero-order valence-corrected chi connectivity index (χ0v) is 12.8. The average molecular weight is 296 g/mol. The smallest absolute Gasteiger partial charge is 0.489 e. The van der Waals surface area contributed by atoms with E-state index in [0.29, 0.717) is 12.1 Å². The molecule has 2 aromatic rings. The second kappa shape index (κ2) is 8.42. The molecule has 0 atom stereocenters. The van der Waals surface area contributed by atoms with Gasteiger partial charge in [0.2, 0.25) is 0 Å². The molecule has 2 N–H and O–H groups in total. The van der Waals surface area contributed by atoms with Crippen LogP contribution in [0.1, 0.15) is 24.5 Å². The minimum Gasteiger partial charge on any atom is -0.493 e. The Kier molecular flexibility index (Phi) is 6.25. The Labute approximate surface area is 132 Å². The molecule has 2 aromatic carbocycles. The molecule has 0 aromatic heterocycles. The molecular weight excluding hydrogens is 275 g/mol. The summed E-state index contributed by atoms with van der Waals surface area (Å²) in [5.41, 5.74) is 2.49. The first kappa shape index (κ1) is 16.3. The van der Waals surface area contributed by atoms with Gasteiger partial charge in [-0.1, -0.05) is 55.5 Å². The fourth-order valence-corrected chi connectivity index (χ4v) is 2.20. The quantitative estimate of drug-likeness (QED) is 0.771. The molecule has 0 spiro atoms. The molecule has 0 radical (unpaired) electrons. The number of benzene rings is 2. The maximum atomic E-state index is 9.40. The van der Waals surface area contributed by atoms with Gasteiger partial charge in [0.25, 0.3) is 0 Å². The Morgan fingerprint density at radius 1 is 1.09 bits per heavy atom. The van der Waals surface area contributed by atoms with Gasteiger partial charge in [-0.25, -0.2) is 0 Å². The van der Waals surface area contributed by atoms with E-state index in [2.05, 4.69) is 12.1 Å². The fourth-order valence-electron chi connectivity index (χ4n) is 2.20. The van der Waals surface area contributed by atoms with Gasteiger partial charge in [-0.2, -0.15) is 0 Å². The molecule has 0 saturated carbocycles. The Bertz CT molecular complexity index is 609. The van der Waals surface area contributed by atoms with Crippen LogP contribution in [0.25, 0.3) is 6.08 Å². The molecule has 0 heterocycles. The second-order valence-electron chi connectivity index (χ2n) is 5.06. The van der Waals surface area contributed by atoms with E-state index in [9.17, 15) is 10.0 Å². The van der Waals surface area contributed by atoms with Crippen molar-refractivity contribution < 1.29 is 14.8 Å². The van der Waals surface area contributed by atoms with E-state index < -0.39 is 7.12 Å². The Morgan fingerprint density at radius 2 is 1.86 bits per heavy atom. The van der Waals surface area contributed by atoms with Gasteiger partial charge in [0.05, 0.1) is 6.61 Å². The Balaban J connectivity index is 2.03. The summed E-state index contributed by atoms with van der Waals surface area (Å²) in [5.74, 6) is 0.732. The van der Waals surface area contributed by atoms with Crippen molar-refractivity contribution in [1.29, 1.82) is 0 Å². The lowest BCUT2D eigenvalue weighted by Crippen LogP contribution is -2.31. The van der Waals surface area contributed by atoms with Gasteiger partial charge in [-0.15, -0.1) is 0 Å². The average Bonchev–Trinajstić information content (AvgIpc) is 2.54. The standard InChI is InChI=1S/C18H21BO3/c1-2-3-9-16-14-17(10-11-18(16)19(20)21)22-13-12-15-7-5-4-6-8-15/h3-11,14,20-21H,2,12-13H2,1H3/b9-3+. The van der Waals surface area contributed by atoms with Crippen molar-refractivity contribution in [2.24, 2.45) is 0 Å². The lowest BCUT2D eigenvalue weighted by Gasteiger charge is -2.10. The zero-order valence-electron chi connectivity index (χ0n) is 12.8. The van der Waals surface area contributed by atoms with Crippen LogP contribution < -0.4 is 10.2 Å². The van der Waals surface area contributed by atoms with Crippen LogP contribution in [0.2, 0.25) is 0 Å². The molecule has 0 saturated heterocycles. The molecule has 0 bridgehead atoms. The molecule has 2 rings (SSSR count). The largest absolute Gasteiger partial charge is 0.493 e. The summed E-state index contributed by atoms with van der Waals surface area (Å²) in [6, 6.07) is 15.5. The highest BCUT2D eigenvalue weighted by Gasteiger charge is 2.15. The van der Waals surface area contributed by atoms with Crippen LogP contribution in [-0.4, -0.2) is 23.8 Å². The van der Waals surface area contributed by atoms with Crippen molar-refractivity contribution in [2.75, 3.05) is 6.61 Å². The van der Waals surface area contributed by atoms with Crippen molar-refractivity contribution in [3.63, 3.8) is 0 Å². The Morgan fingerprint density at radius 3 is 2.55 bits per heavy atom. The van der Waals surface area contributed by atoms with Gasteiger partial charge in [0.1, 0.15) is 5.75 Å². The third-order valence-electron chi connectivity index (χ3n) is 3.37. The number of hydrogen-bond acceptors (Lipinski definition) is 3. The van der Waals surface area contributed by atoms with Gasteiger partial charge in [-0.3, -0.25) is 0 Å². The number of ether oxygens (including phenoxy) is 1. The van der Waals surface area contributed by atoms with Crippen LogP contribution in [0.3, 0.4) is 0 Å². The van der Waals surface area contributed by atoms with Gasteiger partial charge < -0.3 is 14.8 Å². The summed E-state index contributed by atoms with van der Waals surface area (Å²) in [6.45, 7) is 2.62. The minimum atomic E-state index is -1.48. The molecule has 0 aliphatic heterocycles. The lowest BCUT2D eigenvalue weighted by atomic mass is 9.77. The lowest BCUT2D eigenvalue weighted by molar-refractivity contribution is 0.322. The van der Waals surface area contributed by atoms with Crippen LogP contribution in [0.5, 0.6) is 5.75 Å². The highest BCUT2D eigenvalue weighted by Crippen LogP contribution is 2.14. The topological polar surface area (TPSA) is 49.7 Å². The molecule has 0 aliphatic carbocycles. The van der Waals surface area contributed by atoms with E-state index in [1.165, 1.54) is 5.56 Å². The minimum absolute atomic E-state index is 0.486. The number of hydrogen-bond donors (Lipinski definition) is 2. The van der Waals surface area contributed by atoms with Crippen LogP contribution in [-0.2, 0) is 6.42 Å². The maximum Gasteiger partial charge on any atom is 0.489 e. The SMILES string of the molecule is CC/C=C/c1cc(OCCc2ccccc2)ccc1B(O)O. The van der Waals surface area contributed by atoms with Gasteiger partial charge >= 0.3 is 7.12 Å². The molecule has 0 fully saturated rings. The summed E-state index contributed by atoms with van der Waals surface area (Å²) in [5, 5.41) is 18.8. The predicted molar refractivity (Wildman–Crippen MR) is 91.2 cm³/mol.